The molecule has 0 radical (unpaired) electrons. The highest BCUT2D eigenvalue weighted by atomic mass is 35.5. The Labute approximate surface area is 153 Å². The average Bonchev–Trinajstić information content (AvgIpc) is 2.64. The van der Waals surface area contributed by atoms with Crippen LogP contribution in [0.4, 0.5) is 4.39 Å². The highest BCUT2D eigenvalue weighted by Crippen LogP contribution is 2.20. The second kappa shape index (κ2) is 8.83. The first-order valence-electron chi connectivity index (χ1n) is 8.16. The monoisotopic (exact) mass is 364 g/mol. The number of amides is 1. The van der Waals surface area contributed by atoms with Crippen molar-refractivity contribution in [3.63, 3.8) is 0 Å². The lowest BCUT2D eigenvalue weighted by Crippen LogP contribution is -2.41. The van der Waals surface area contributed by atoms with Crippen LogP contribution in [0.25, 0.3) is 0 Å². The van der Waals surface area contributed by atoms with Gasteiger partial charge in [-0.2, -0.15) is 0 Å². The summed E-state index contributed by atoms with van der Waals surface area (Å²) < 4.78 is 18.8. The van der Waals surface area contributed by atoms with E-state index >= 15 is 0 Å². The zero-order valence-corrected chi connectivity index (χ0v) is 14.7. The van der Waals surface area contributed by atoms with Crippen molar-refractivity contribution < 1.29 is 13.9 Å². The smallest absolute Gasteiger partial charge is 0.253 e. The third-order valence-corrected chi connectivity index (χ3v) is 4.28. The summed E-state index contributed by atoms with van der Waals surface area (Å²) >= 11 is 0. The Morgan fingerprint density at radius 1 is 1.08 bits per heavy atom. The largest absolute Gasteiger partial charge is 0.490 e. The van der Waals surface area contributed by atoms with E-state index in [9.17, 15) is 9.18 Å². The van der Waals surface area contributed by atoms with E-state index in [0.717, 1.165) is 18.4 Å². The Bertz CT molecular complexity index is 684. The van der Waals surface area contributed by atoms with Gasteiger partial charge in [-0.15, -0.1) is 12.4 Å². The molecule has 2 aromatic carbocycles. The van der Waals surface area contributed by atoms with Crippen LogP contribution in [0.2, 0.25) is 0 Å². The minimum absolute atomic E-state index is 0. The average molecular weight is 365 g/mol. The molecule has 0 aliphatic carbocycles. The summed E-state index contributed by atoms with van der Waals surface area (Å²) in [5, 5.41) is 0. The molecule has 4 nitrogen and oxygen atoms in total. The molecular weight excluding hydrogens is 343 g/mol. The third kappa shape index (κ3) is 4.94. The number of likely N-dealkylation sites (tertiary alicyclic amines) is 1. The van der Waals surface area contributed by atoms with Crippen molar-refractivity contribution in [2.45, 2.75) is 25.5 Å². The zero-order chi connectivity index (χ0) is 16.9. The topological polar surface area (TPSA) is 55.6 Å². The molecule has 1 aliphatic heterocycles. The second-order valence-corrected chi connectivity index (χ2v) is 5.96. The van der Waals surface area contributed by atoms with Crippen LogP contribution in [0, 0.1) is 5.82 Å². The van der Waals surface area contributed by atoms with Gasteiger partial charge in [0.25, 0.3) is 5.91 Å². The zero-order valence-electron chi connectivity index (χ0n) is 13.9. The van der Waals surface area contributed by atoms with Crippen LogP contribution in [0.15, 0.2) is 48.5 Å². The van der Waals surface area contributed by atoms with Crippen molar-refractivity contribution in [2.24, 2.45) is 5.73 Å². The van der Waals surface area contributed by atoms with Gasteiger partial charge in [-0.05, 0) is 42.0 Å². The summed E-state index contributed by atoms with van der Waals surface area (Å²) in [5.74, 6) is 0.431. The van der Waals surface area contributed by atoms with Crippen molar-refractivity contribution in [3.8, 4) is 5.75 Å². The molecule has 3 rings (SSSR count). The molecule has 0 saturated carbocycles. The fraction of sp³-hybridized carbons (Fsp3) is 0.316. The predicted octanol–water partition coefficient (Wildman–Crippen LogP) is 3.39. The lowest BCUT2D eigenvalue weighted by atomic mass is 10.1. The summed E-state index contributed by atoms with van der Waals surface area (Å²) in [6, 6.07) is 13.5. The molecule has 0 spiro atoms. The van der Waals surface area contributed by atoms with Gasteiger partial charge in [-0.3, -0.25) is 4.79 Å². The molecule has 1 heterocycles. The summed E-state index contributed by atoms with van der Waals surface area (Å²) in [7, 11) is 0. The maximum atomic E-state index is 12.9. The van der Waals surface area contributed by atoms with Crippen LogP contribution >= 0.6 is 12.4 Å². The quantitative estimate of drug-likeness (QED) is 0.904. The van der Waals surface area contributed by atoms with Crippen molar-refractivity contribution in [2.75, 3.05) is 13.1 Å². The second-order valence-electron chi connectivity index (χ2n) is 5.96. The number of carbonyl (C=O) groups excluding carboxylic acids is 1. The molecule has 6 heteroatoms. The predicted molar refractivity (Wildman–Crippen MR) is 97.5 cm³/mol. The standard InChI is InChI=1S/C19H21FN2O2.ClH/c20-16-5-7-17(8-6-16)24-18-9-11-22(12-10-18)19(23)15-3-1-14(13-21)2-4-15;/h1-8,18H,9-13,21H2;1H. The Hall–Kier alpha value is -2.11. The summed E-state index contributed by atoms with van der Waals surface area (Å²) in [6.07, 6.45) is 1.59. The number of nitrogens with two attached hydrogens (primary N) is 1. The minimum Gasteiger partial charge on any atom is -0.490 e. The van der Waals surface area contributed by atoms with Gasteiger partial charge in [0.1, 0.15) is 17.7 Å². The van der Waals surface area contributed by atoms with Crippen molar-refractivity contribution in [3.05, 3.63) is 65.5 Å². The van der Waals surface area contributed by atoms with Crippen LogP contribution in [-0.2, 0) is 6.54 Å². The molecular formula is C19H22ClFN2O2. The molecule has 134 valence electrons. The molecule has 0 bridgehead atoms. The molecule has 1 fully saturated rings. The van der Waals surface area contributed by atoms with Gasteiger partial charge < -0.3 is 15.4 Å². The van der Waals surface area contributed by atoms with E-state index in [1.165, 1.54) is 12.1 Å². The van der Waals surface area contributed by atoms with Gasteiger partial charge in [0.2, 0.25) is 0 Å². The van der Waals surface area contributed by atoms with Gasteiger partial charge in [-0.25, -0.2) is 4.39 Å². The van der Waals surface area contributed by atoms with Crippen LogP contribution in [0.3, 0.4) is 0 Å². The number of carbonyl (C=O) groups is 1. The highest BCUT2D eigenvalue weighted by Gasteiger charge is 2.24. The van der Waals surface area contributed by atoms with E-state index in [-0.39, 0.29) is 30.2 Å². The van der Waals surface area contributed by atoms with Crippen molar-refractivity contribution in [1.82, 2.24) is 4.90 Å². The number of piperidine rings is 1. The maximum Gasteiger partial charge on any atom is 0.253 e. The summed E-state index contributed by atoms with van der Waals surface area (Å²) in [6.45, 7) is 1.78. The molecule has 0 unspecified atom stereocenters. The number of hydrogen-bond donors (Lipinski definition) is 1. The van der Waals surface area contributed by atoms with Crippen LogP contribution in [-0.4, -0.2) is 30.0 Å². The minimum atomic E-state index is -0.275. The molecule has 25 heavy (non-hydrogen) atoms. The number of benzene rings is 2. The fourth-order valence-corrected chi connectivity index (χ4v) is 2.85. The number of nitrogens with zero attached hydrogens (tertiary/aromatic N) is 1. The van der Waals surface area contributed by atoms with Gasteiger partial charge in [-0.1, -0.05) is 12.1 Å². The highest BCUT2D eigenvalue weighted by molar-refractivity contribution is 5.94. The molecule has 0 aromatic heterocycles. The van der Waals surface area contributed by atoms with E-state index in [1.54, 1.807) is 12.1 Å². The van der Waals surface area contributed by atoms with E-state index in [2.05, 4.69) is 0 Å². The number of halogens is 2. The SMILES string of the molecule is Cl.NCc1ccc(C(=O)N2CCC(Oc3ccc(F)cc3)CC2)cc1. The molecule has 1 amide bonds. The molecule has 0 atom stereocenters. The van der Waals surface area contributed by atoms with Gasteiger partial charge in [0.15, 0.2) is 0 Å². The molecule has 2 aromatic rings. The van der Waals surface area contributed by atoms with Crippen molar-refractivity contribution >= 4 is 18.3 Å². The van der Waals surface area contributed by atoms with Gasteiger partial charge >= 0.3 is 0 Å². The Morgan fingerprint density at radius 3 is 2.24 bits per heavy atom. The molecule has 1 aliphatic rings. The Balaban J connectivity index is 0.00000225. The molecule has 1 saturated heterocycles. The van der Waals surface area contributed by atoms with Gasteiger partial charge in [0.05, 0.1) is 0 Å². The van der Waals surface area contributed by atoms with E-state index in [4.69, 9.17) is 10.5 Å². The number of rotatable bonds is 4. The summed E-state index contributed by atoms with van der Waals surface area (Å²) in [5.41, 5.74) is 7.27. The maximum absolute atomic E-state index is 12.9. The Morgan fingerprint density at radius 2 is 1.68 bits per heavy atom. The van der Waals surface area contributed by atoms with Crippen LogP contribution in [0.1, 0.15) is 28.8 Å². The first-order valence-corrected chi connectivity index (χ1v) is 8.16. The number of hydrogen-bond acceptors (Lipinski definition) is 3. The fourth-order valence-electron chi connectivity index (χ4n) is 2.85. The van der Waals surface area contributed by atoms with Crippen molar-refractivity contribution in [1.29, 1.82) is 0 Å². The third-order valence-electron chi connectivity index (χ3n) is 4.28. The Kier molecular flexibility index (Phi) is 6.79. The lowest BCUT2D eigenvalue weighted by molar-refractivity contribution is 0.0595. The normalized spacial score (nSPS) is 14.7. The van der Waals surface area contributed by atoms with E-state index in [1.807, 2.05) is 29.2 Å². The van der Waals surface area contributed by atoms with E-state index < -0.39 is 0 Å². The van der Waals surface area contributed by atoms with E-state index in [0.29, 0.717) is 30.9 Å². The van der Waals surface area contributed by atoms with Crippen LogP contribution < -0.4 is 10.5 Å². The lowest BCUT2D eigenvalue weighted by Gasteiger charge is -2.32. The molecule has 2 N–H and O–H groups in total. The first-order chi connectivity index (χ1) is 11.7. The number of ether oxygens (including phenoxy) is 1. The summed E-state index contributed by atoms with van der Waals surface area (Å²) in [4.78, 5) is 14.4. The first kappa shape index (κ1) is 19.2. The van der Waals surface area contributed by atoms with Gasteiger partial charge in [0, 0.05) is 38.0 Å². The van der Waals surface area contributed by atoms with Crippen LogP contribution in [0.5, 0.6) is 5.75 Å².